The van der Waals surface area contributed by atoms with Crippen LogP contribution < -0.4 is 25.2 Å². The standard InChI is InChI=1S/C32H36Cl2N4O6/c1-21(2)12-13-38(29(39)19-35-32(42)36-25-9-7-8-22(14-25)15-31(41)43-4)27-10-5-6-11-28(27)44-20-30(40)37(3)26-17-23(33)16-24(34)18-26/h5-11,14,16-18,21H,12-13,15,19-20H2,1-4H3,(H2,35,36,42). The van der Waals surface area contributed by atoms with E-state index in [1.54, 1.807) is 73.8 Å². The number of anilines is 3. The zero-order valence-corrected chi connectivity index (χ0v) is 26.6. The molecule has 0 unspecified atom stereocenters. The number of hydrogen-bond acceptors (Lipinski definition) is 6. The lowest BCUT2D eigenvalue weighted by Gasteiger charge is -2.26. The number of urea groups is 1. The van der Waals surface area contributed by atoms with Crippen molar-refractivity contribution in [1.82, 2.24) is 5.32 Å². The molecule has 10 nitrogen and oxygen atoms in total. The van der Waals surface area contributed by atoms with E-state index in [1.807, 2.05) is 13.8 Å². The molecule has 0 aliphatic rings. The summed E-state index contributed by atoms with van der Waals surface area (Å²) in [7, 11) is 2.89. The monoisotopic (exact) mass is 642 g/mol. The SMILES string of the molecule is COC(=O)Cc1cccc(NC(=O)NCC(=O)N(CCC(C)C)c2ccccc2OCC(=O)N(C)c2cc(Cl)cc(Cl)c2)c1. The van der Waals surface area contributed by atoms with E-state index < -0.39 is 12.0 Å². The predicted octanol–water partition coefficient (Wildman–Crippen LogP) is 5.95. The molecule has 12 heteroatoms. The van der Waals surface area contributed by atoms with Crippen molar-refractivity contribution < 1.29 is 28.7 Å². The first kappa shape index (κ1) is 34.2. The topological polar surface area (TPSA) is 117 Å². The molecule has 0 aromatic heterocycles. The van der Waals surface area contributed by atoms with Crippen molar-refractivity contribution in [3.8, 4) is 5.75 Å². The number of benzene rings is 3. The molecular formula is C32H36Cl2N4O6. The Balaban J connectivity index is 1.68. The quantitative estimate of drug-likeness (QED) is 0.223. The second-order valence-corrected chi connectivity index (χ2v) is 11.2. The number of nitrogens with one attached hydrogen (secondary N) is 2. The molecule has 3 aromatic rings. The Morgan fingerprint density at radius 1 is 0.909 bits per heavy atom. The van der Waals surface area contributed by atoms with Crippen LogP contribution >= 0.6 is 23.2 Å². The summed E-state index contributed by atoms with van der Waals surface area (Å²) < 4.78 is 10.6. The van der Waals surface area contributed by atoms with Gasteiger partial charge in [0, 0.05) is 35.0 Å². The average molecular weight is 644 g/mol. The van der Waals surface area contributed by atoms with Crippen LogP contribution in [0.4, 0.5) is 21.9 Å². The smallest absolute Gasteiger partial charge is 0.319 e. The number of halogens is 2. The van der Waals surface area contributed by atoms with Gasteiger partial charge in [-0.15, -0.1) is 0 Å². The van der Waals surface area contributed by atoms with Gasteiger partial charge in [-0.05, 0) is 60.4 Å². The van der Waals surface area contributed by atoms with Gasteiger partial charge in [-0.2, -0.15) is 0 Å². The van der Waals surface area contributed by atoms with E-state index in [4.69, 9.17) is 27.9 Å². The number of carbonyl (C=O) groups excluding carboxylic acids is 4. The molecule has 0 atom stereocenters. The molecule has 0 aliphatic carbocycles. The van der Waals surface area contributed by atoms with Crippen LogP contribution in [-0.2, 0) is 25.5 Å². The summed E-state index contributed by atoms with van der Waals surface area (Å²) in [5.74, 6) is -0.486. The molecular weight excluding hydrogens is 607 g/mol. The number of esters is 1. The minimum absolute atomic E-state index is 0.0647. The van der Waals surface area contributed by atoms with Gasteiger partial charge >= 0.3 is 12.0 Å². The van der Waals surface area contributed by atoms with Crippen LogP contribution in [0.5, 0.6) is 5.75 Å². The van der Waals surface area contributed by atoms with Crippen molar-refractivity contribution in [1.29, 1.82) is 0 Å². The van der Waals surface area contributed by atoms with Crippen molar-refractivity contribution in [2.24, 2.45) is 5.92 Å². The molecule has 0 radical (unpaired) electrons. The first-order chi connectivity index (χ1) is 21.0. The van der Waals surface area contributed by atoms with Gasteiger partial charge in [0.05, 0.1) is 25.8 Å². The fourth-order valence-electron chi connectivity index (χ4n) is 4.11. The summed E-state index contributed by atoms with van der Waals surface area (Å²) in [6, 6.07) is 17.9. The number of rotatable bonds is 13. The predicted molar refractivity (Wildman–Crippen MR) is 173 cm³/mol. The summed E-state index contributed by atoms with van der Waals surface area (Å²) in [4.78, 5) is 53.5. The number of para-hydroxylation sites is 2. The minimum atomic E-state index is -0.586. The third-order valence-corrected chi connectivity index (χ3v) is 6.94. The lowest BCUT2D eigenvalue weighted by molar-refractivity contribution is -0.139. The Bertz CT molecular complexity index is 1460. The highest BCUT2D eigenvalue weighted by molar-refractivity contribution is 6.35. The zero-order valence-electron chi connectivity index (χ0n) is 25.1. The second-order valence-electron chi connectivity index (χ2n) is 10.3. The number of carbonyl (C=O) groups is 4. The first-order valence-electron chi connectivity index (χ1n) is 13.9. The van der Waals surface area contributed by atoms with Crippen LogP contribution in [0.15, 0.2) is 66.7 Å². The fraction of sp³-hybridized carbons (Fsp3) is 0.312. The van der Waals surface area contributed by atoms with E-state index in [9.17, 15) is 19.2 Å². The average Bonchev–Trinajstić information content (AvgIpc) is 2.98. The van der Waals surface area contributed by atoms with Crippen molar-refractivity contribution in [3.05, 3.63) is 82.3 Å². The van der Waals surface area contributed by atoms with Gasteiger partial charge in [0.2, 0.25) is 5.91 Å². The maximum absolute atomic E-state index is 13.4. The van der Waals surface area contributed by atoms with Gasteiger partial charge in [-0.1, -0.05) is 61.3 Å². The Hall–Kier alpha value is -4.28. The summed E-state index contributed by atoms with van der Waals surface area (Å²) in [6.45, 7) is 3.85. The number of hydrogen-bond donors (Lipinski definition) is 2. The fourth-order valence-corrected chi connectivity index (χ4v) is 4.62. The maximum Gasteiger partial charge on any atom is 0.319 e. The number of nitrogens with zero attached hydrogens (tertiary/aromatic N) is 2. The highest BCUT2D eigenvalue weighted by Gasteiger charge is 2.22. The number of ether oxygens (including phenoxy) is 2. The Kier molecular flexibility index (Phi) is 12.9. The van der Waals surface area contributed by atoms with Crippen molar-refractivity contribution >= 4 is 64.1 Å². The van der Waals surface area contributed by atoms with Gasteiger partial charge < -0.3 is 29.9 Å². The third-order valence-electron chi connectivity index (χ3n) is 6.51. The van der Waals surface area contributed by atoms with Gasteiger partial charge in [0.1, 0.15) is 5.75 Å². The first-order valence-corrected chi connectivity index (χ1v) is 14.7. The van der Waals surface area contributed by atoms with E-state index in [1.165, 1.54) is 16.9 Å². The summed E-state index contributed by atoms with van der Waals surface area (Å²) in [5, 5.41) is 6.06. The molecule has 0 saturated heterocycles. The Morgan fingerprint density at radius 2 is 1.61 bits per heavy atom. The molecule has 2 N–H and O–H groups in total. The lowest BCUT2D eigenvalue weighted by atomic mass is 10.1. The molecule has 4 amide bonds. The molecule has 0 heterocycles. The van der Waals surface area contributed by atoms with Crippen LogP contribution in [0.3, 0.4) is 0 Å². The van der Waals surface area contributed by atoms with Crippen LogP contribution in [-0.4, -0.2) is 57.7 Å². The zero-order chi connectivity index (χ0) is 32.2. The van der Waals surface area contributed by atoms with Crippen molar-refractivity contribution in [2.45, 2.75) is 26.7 Å². The molecule has 0 saturated carbocycles. The van der Waals surface area contributed by atoms with Crippen LogP contribution in [0.25, 0.3) is 0 Å². The number of methoxy groups -OCH3 is 1. The van der Waals surface area contributed by atoms with Crippen molar-refractivity contribution in [2.75, 3.05) is 49.0 Å². The largest absolute Gasteiger partial charge is 0.482 e. The van der Waals surface area contributed by atoms with Crippen LogP contribution in [0.1, 0.15) is 25.8 Å². The molecule has 0 fully saturated rings. The number of amides is 4. The van der Waals surface area contributed by atoms with Crippen LogP contribution in [0, 0.1) is 5.92 Å². The molecule has 0 aliphatic heterocycles. The highest BCUT2D eigenvalue weighted by Crippen LogP contribution is 2.30. The molecule has 234 valence electrons. The summed E-state index contributed by atoms with van der Waals surface area (Å²) >= 11 is 12.2. The summed E-state index contributed by atoms with van der Waals surface area (Å²) in [5.41, 5.74) is 2.11. The van der Waals surface area contributed by atoms with E-state index in [-0.39, 0.29) is 31.4 Å². The van der Waals surface area contributed by atoms with E-state index in [0.717, 1.165) is 0 Å². The Labute approximate surface area is 267 Å². The van der Waals surface area contributed by atoms with Gasteiger partial charge in [0.25, 0.3) is 5.91 Å². The van der Waals surface area contributed by atoms with E-state index >= 15 is 0 Å². The second kappa shape index (κ2) is 16.5. The highest BCUT2D eigenvalue weighted by atomic mass is 35.5. The molecule has 0 bridgehead atoms. The number of likely N-dealkylation sites (N-methyl/N-ethyl adjacent to an activating group) is 1. The molecule has 3 rings (SSSR count). The van der Waals surface area contributed by atoms with E-state index in [2.05, 4.69) is 15.4 Å². The van der Waals surface area contributed by atoms with Gasteiger partial charge in [0.15, 0.2) is 6.61 Å². The lowest BCUT2D eigenvalue weighted by Crippen LogP contribution is -2.42. The van der Waals surface area contributed by atoms with E-state index in [0.29, 0.717) is 57.3 Å². The molecule has 44 heavy (non-hydrogen) atoms. The molecule has 3 aromatic carbocycles. The Morgan fingerprint density at radius 3 is 2.30 bits per heavy atom. The molecule has 0 spiro atoms. The summed E-state index contributed by atoms with van der Waals surface area (Å²) in [6.07, 6.45) is 0.756. The maximum atomic E-state index is 13.4. The van der Waals surface area contributed by atoms with Crippen molar-refractivity contribution in [3.63, 3.8) is 0 Å². The normalized spacial score (nSPS) is 10.6. The third kappa shape index (κ3) is 10.5. The van der Waals surface area contributed by atoms with Gasteiger partial charge in [-0.3, -0.25) is 14.4 Å². The van der Waals surface area contributed by atoms with Gasteiger partial charge in [-0.25, -0.2) is 4.79 Å². The van der Waals surface area contributed by atoms with Crippen LogP contribution in [0.2, 0.25) is 10.0 Å². The minimum Gasteiger partial charge on any atom is -0.482 e.